The number of amides is 2. The highest BCUT2D eigenvalue weighted by Gasteiger charge is 2.32. The highest BCUT2D eigenvalue weighted by atomic mass is 16.4. The topological polar surface area (TPSA) is 98.3 Å². The Kier molecular flexibility index (Phi) is 3.73. The van der Waals surface area contributed by atoms with Gasteiger partial charge in [-0.3, -0.25) is 5.10 Å². The molecule has 0 aromatic carbocycles. The van der Waals surface area contributed by atoms with Crippen LogP contribution in [0.3, 0.4) is 0 Å². The Morgan fingerprint density at radius 1 is 1.42 bits per heavy atom. The third-order valence-corrected chi connectivity index (χ3v) is 3.41. The van der Waals surface area contributed by atoms with E-state index in [0.29, 0.717) is 24.3 Å². The van der Waals surface area contributed by atoms with E-state index < -0.39 is 12.0 Å². The van der Waals surface area contributed by atoms with Crippen LogP contribution in [0, 0.1) is 13.8 Å². The minimum Gasteiger partial charge on any atom is -0.480 e. The third-order valence-electron chi connectivity index (χ3n) is 3.41. The summed E-state index contributed by atoms with van der Waals surface area (Å²) >= 11 is 0. The van der Waals surface area contributed by atoms with Gasteiger partial charge in [-0.1, -0.05) is 0 Å². The molecule has 104 valence electrons. The molecule has 2 rings (SSSR count). The quantitative estimate of drug-likeness (QED) is 0.755. The van der Waals surface area contributed by atoms with Crippen molar-refractivity contribution in [2.45, 2.75) is 39.2 Å². The molecule has 1 atom stereocenters. The minimum absolute atomic E-state index is 0.375. The zero-order valence-corrected chi connectivity index (χ0v) is 11.1. The largest absolute Gasteiger partial charge is 0.480 e. The van der Waals surface area contributed by atoms with Crippen molar-refractivity contribution in [2.75, 3.05) is 11.9 Å². The van der Waals surface area contributed by atoms with Crippen LogP contribution in [0.25, 0.3) is 0 Å². The van der Waals surface area contributed by atoms with Gasteiger partial charge < -0.3 is 15.3 Å². The Morgan fingerprint density at radius 3 is 2.74 bits per heavy atom. The van der Waals surface area contributed by atoms with Gasteiger partial charge in [0, 0.05) is 6.54 Å². The summed E-state index contributed by atoms with van der Waals surface area (Å²) < 4.78 is 0. The highest BCUT2D eigenvalue weighted by Crippen LogP contribution is 2.21. The second-order valence-corrected chi connectivity index (χ2v) is 4.78. The molecule has 1 aliphatic heterocycles. The van der Waals surface area contributed by atoms with Crippen LogP contribution in [-0.2, 0) is 4.79 Å². The molecule has 1 aromatic rings. The van der Waals surface area contributed by atoms with Crippen LogP contribution >= 0.6 is 0 Å². The number of hydrogen-bond acceptors (Lipinski definition) is 3. The second-order valence-electron chi connectivity index (χ2n) is 4.78. The molecule has 1 aliphatic rings. The minimum atomic E-state index is -0.949. The van der Waals surface area contributed by atoms with Crippen molar-refractivity contribution in [3.63, 3.8) is 0 Å². The van der Waals surface area contributed by atoms with Crippen LogP contribution in [0.5, 0.6) is 0 Å². The van der Waals surface area contributed by atoms with Crippen LogP contribution < -0.4 is 5.32 Å². The third kappa shape index (κ3) is 2.69. The fourth-order valence-corrected chi connectivity index (χ4v) is 2.35. The van der Waals surface area contributed by atoms with E-state index in [-0.39, 0.29) is 6.03 Å². The molecule has 19 heavy (non-hydrogen) atoms. The van der Waals surface area contributed by atoms with Gasteiger partial charge in [-0.2, -0.15) is 5.10 Å². The molecular formula is C12H18N4O3. The number of carbonyl (C=O) groups excluding carboxylic acids is 1. The number of carbonyl (C=O) groups is 2. The number of aromatic amines is 1. The first-order valence-corrected chi connectivity index (χ1v) is 6.32. The molecule has 1 fully saturated rings. The Hall–Kier alpha value is -2.05. The second kappa shape index (κ2) is 5.29. The van der Waals surface area contributed by atoms with Crippen LogP contribution in [0.2, 0.25) is 0 Å². The highest BCUT2D eigenvalue weighted by molar-refractivity contribution is 5.93. The Morgan fingerprint density at radius 2 is 2.16 bits per heavy atom. The van der Waals surface area contributed by atoms with Crippen LogP contribution in [0.4, 0.5) is 10.5 Å². The number of rotatable bonds is 2. The molecule has 1 aromatic heterocycles. The van der Waals surface area contributed by atoms with Crippen LogP contribution in [0.1, 0.15) is 30.7 Å². The predicted octanol–water partition coefficient (Wildman–Crippen LogP) is 1.50. The molecule has 0 saturated carbocycles. The number of nitrogens with zero attached hydrogens (tertiary/aromatic N) is 2. The van der Waals surface area contributed by atoms with E-state index >= 15 is 0 Å². The molecule has 0 radical (unpaired) electrons. The van der Waals surface area contributed by atoms with Gasteiger partial charge in [-0.15, -0.1) is 0 Å². The van der Waals surface area contributed by atoms with Gasteiger partial charge in [0.15, 0.2) is 0 Å². The first kappa shape index (κ1) is 13.4. The summed E-state index contributed by atoms with van der Waals surface area (Å²) in [6.07, 6.45) is 2.18. The summed E-state index contributed by atoms with van der Waals surface area (Å²) in [7, 11) is 0. The van der Waals surface area contributed by atoms with Crippen molar-refractivity contribution in [1.82, 2.24) is 15.1 Å². The van der Waals surface area contributed by atoms with Gasteiger partial charge >= 0.3 is 12.0 Å². The van der Waals surface area contributed by atoms with Gasteiger partial charge in [0.25, 0.3) is 0 Å². The number of aromatic nitrogens is 2. The number of carboxylic acids is 1. The van der Waals surface area contributed by atoms with E-state index in [4.69, 9.17) is 5.11 Å². The van der Waals surface area contributed by atoms with Crippen molar-refractivity contribution in [2.24, 2.45) is 0 Å². The van der Waals surface area contributed by atoms with E-state index in [1.165, 1.54) is 4.90 Å². The lowest BCUT2D eigenvalue weighted by molar-refractivity contribution is -0.143. The number of anilines is 1. The van der Waals surface area contributed by atoms with Crippen molar-refractivity contribution in [3.8, 4) is 0 Å². The van der Waals surface area contributed by atoms with E-state index in [2.05, 4.69) is 15.5 Å². The predicted molar refractivity (Wildman–Crippen MR) is 69.1 cm³/mol. The van der Waals surface area contributed by atoms with E-state index in [1.807, 2.05) is 0 Å². The van der Waals surface area contributed by atoms with Crippen molar-refractivity contribution < 1.29 is 14.7 Å². The number of likely N-dealkylation sites (tertiary alicyclic amines) is 1. The maximum atomic E-state index is 12.2. The first-order chi connectivity index (χ1) is 9.00. The summed E-state index contributed by atoms with van der Waals surface area (Å²) in [6, 6.07) is -1.11. The molecule has 0 spiro atoms. The lowest BCUT2D eigenvalue weighted by Crippen LogP contribution is -2.49. The Labute approximate surface area is 111 Å². The fraction of sp³-hybridized carbons (Fsp3) is 0.583. The molecule has 0 bridgehead atoms. The number of nitrogens with one attached hydrogen (secondary N) is 2. The van der Waals surface area contributed by atoms with Crippen LogP contribution in [0.15, 0.2) is 0 Å². The van der Waals surface area contributed by atoms with E-state index in [0.717, 1.165) is 18.5 Å². The van der Waals surface area contributed by atoms with Crippen LogP contribution in [-0.4, -0.2) is 44.8 Å². The van der Waals surface area contributed by atoms with Crippen molar-refractivity contribution in [3.05, 3.63) is 11.4 Å². The summed E-state index contributed by atoms with van der Waals surface area (Å²) in [6.45, 7) is 4.06. The van der Waals surface area contributed by atoms with E-state index in [9.17, 15) is 9.59 Å². The van der Waals surface area contributed by atoms with Gasteiger partial charge in [-0.05, 0) is 33.1 Å². The normalized spacial score (nSPS) is 19.3. The van der Waals surface area contributed by atoms with Gasteiger partial charge in [-0.25, -0.2) is 9.59 Å². The number of hydrogen-bond donors (Lipinski definition) is 3. The Bertz CT molecular complexity index is 478. The molecule has 0 aliphatic carbocycles. The number of carboxylic acid groups (broad SMARTS) is 1. The summed E-state index contributed by atoms with van der Waals surface area (Å²) in [4.78, 5) is 24.7. The van der Waals surface area contributed by atoms with Gasteiger partial charge in [0.1, 0.15) is 6.04 Å². The standard InChI is InChI=1S/C12H18N4O3/c1-7-10(8(2)15-14-7)13-12(19)16-6-4-3-5-9(16)11(17)18/h9H,3-6H2,1-2H3,(H,13,19)(H,14,15)(H,17,18). The average Bonchev–Trinajstić information content (AvgIpc) is 2.70. The zero-order valence-electron chi connectivity index (χ0n) is 11.1. The number of aliphatic carboxylic acids is 1. The number of urea groups is 1. The summed E-state index contributed by atoms with van der Waals surface area (Å²) in [5.41, 5.74) is 2.07. The average molecular weight is 266 g/mol. The maximum absolute atomic E-state index is 12.2. The fourth-order valence-electron chi connectivity index (χ4n) is 2.35. The maximum Gasteiger partial charge on any atom is 0.326 e. The lowest BCUT2D eigenvalue weighted by atomic mass is 10.0. The summed E-state index contributed by atoms with van der Waals surface area (Å²) in [5.74, 6) is -0.949. The molecule has 1 saturated heterocycles. The van der Waals surface area contributed by atoms with Gasteiger partial charge in [0.2, 0.25) is 0 Å². The van der Waals surface area contributed by atoms with Crippen molar-refractivity contribution >= 4 is 17.7 Å². The first-order valence-electron chi connectivity index (χ1n) is 6.32. The number of H-pyrrole nitrogens is 1. The van der Waals surface area contributed by atoms with Gasteiger partial charge in [0.05, 0.1) is 17.1 Å². The molecule has 1 unspecified atom stereocenters. The SMILES string of the molecule is Cc1n[nH]c(C)c1NC(=O)N1CCCCC1C(=O)O. The molecule has 7 heteroatoms. The number of aryl methyl sites for hydroxylation is 2. The Balaban J connectivity index is 2.12. The number of piperidine rings is 1. The zero-order chi connectivity index (χ0) is 14.0. The molecule has 7 nitrogen and oxygen atoms in total. The van der Waals surface area contributed by atoms with E-state index in [1.54, 1.807) is 13.8 Å². The molecule has 3 N–H and O–H groups in total. The monoisotopic (exact) mass is 266 g/mol. The van der Waals surface area contributed by atoms with Crippen molar-refractivity contribution in [1.29, 1.82) is 0 Å². The lowest BCUT2D eigenvalue weighted by Gasteiger charge is -2.32. The molecular weight excluding hydrogens is 248 g/mol. The molecule has 2 heterocycles. The smallest absolute Gasteiger partial charge is 0.326 e. The molecule has 2 amide bonds. The summed E-state index contributed by atoms with van der Waals surface area (Å²) in [5, 5.41) is 18.7.